The van der Waals surface area contributed by atoms with Gasteiger partial charge in [-0.1, -0.05) is 32.9 Å². The third-order valence-corrected chi connectivity index (χ3v) is 6.06. The maximum absolute atomic E-state index is 13.5. The number of rotatable bonds is 7. The quantitative estimate of drug-likeness (QED) is 0.615. The van der Waals surface area contributed by atoms with Crippen molar-refractivity contribution in [3.8, 4) is 5.75 Å². The van der Waals surface area contributed by atoms with E-state index >= 15 is 0 Å². The monoisotopic (exact) mass is 433 g/mol. The maximum atomic E-state index is 13.5. The fourth-order valence-electron chi connectivity index (χ4n) is 4.14. The van der Waals surface area contributed by atoms with Crippen molar-refractivity contribution in [2.24, 2.45) is 11.8 Å². The van der Waals surface area contributed by atoms with Gasteiger partial charge in [0.2, 0.25) is 0 Å². The molecule has 3 heterocycles. The molecule has 0 aliphatic carbocycles. The highest BCUT2D eigenvalue weighted by Gasteiger charge is 2.42. The van der Waals surface area contributed by atoms with E-state index in [1.165, 1.54) is 4.90 Å². The molecule has 32 heavy (non-hydrogen) atoms. The van der Waals surface area contributed by atoms with Gasteiger partial charge in [0.05, 0.1) is 18.7 Å². The Bertz CT molecular complexity index is 991. The van der Waals surface area contributed by atoms with E-state index in [1.54, 1.807) is 12.4 Å². The second-order valence-corrected chi connectivity index (χ2v) is 9.17. The highest BCUT2D eigenvalue weighted by atomic mass is 16.5. The number of carbonyl (C=O) groups is 2. The molecule has 168 valence electrons. The zero-order chi connectivity index (χ0) is 22.7. The fraction of sp³-hybridized carbons (Fsp3) is 0.423. The van der Waals surface area contributed by atoms with Gasteiger partial charge in [-0.3, -0.25) is 19.5 Å². The van der Waals surface area contributed by atoms with Crippen molar-refractivity contribution < 1.29 is 14.3 Å². The Kier molecular flexibility index (Phi) is 6.58. The first kappa shape index (κ1) is 22.1. The predicted octanol–water partition coefficient (Wildman–Crippen LogP) is 4.13. The Morgan fingerprint density at radius 3 is 2.28 bits per heavy atom. The molecule has 2 aliphatic rings. The van der Waals surface area contributed by atoms with Crippen molar-refractivity contribution in [2.75, 3.05) is 19.7 Å². The molecule has 6 heteroatoms. The summed E-state index contributed by atoms with van der Waals surface area (Å²) >= 11 is 0. The summed E-state index contributed by atoms with van der Waals surface area (Å²) < 4.78 is 5.79. The van der Waals surface area contributed by atoms with Crippen LogP contribution in [0.15, 0.2) is 54.5 Å². The van der Waals surface area contributed by atoms with Crippen LogP contribution in [-0.2, 0) is 16.1 Å². The third-order valence-electron chi connectivity index (χ3n) is 6.06. The van der Waals surface area contributed by atoms with Crippen LogP contribution in [0.4, 0.5) is 0 Å². The summed E-state index contributed by atoms with van der Waals surface area (Å²) in [4.78, 5) is 34.5. The van der Waals surface area contributed by atoms with E-state index in [0.717, 1.165) is 42.8 Å². The van der Waals surface area contributed by atoms with Crippen molar-refractivity contribution in [1.82, 2.24) is 14.8 Å². The average Bonchev–Trinajstić information content (AvgIpc) is 3.04. The standard InChI is InChI=1S/C26H31N3O3/c1-18(2)17-32-22-6-4-21(5-7-22)23-24(28-14-10-19(3)11-15-28)26(31)29(25(23)30)16-20-8-12-27-13-9-20/h4-9,12-13,18-19H,10-11,14-17H2,1-3H3. The van der Waals surface area contributed by atoms with Crippen molar-refractivity contribution >= 4 is 17.4 Å². The molecule has 0 radical (unpaired) electrons. The Hall–Kier alpha value is -3.15. The Balaban J connectivity index is 1.66. The summed E-state index contributed by atoms with van der Waals surface area (Å²) in [6.07, 6.45) is 5.39. The molecule has 0 spiro atoms. The van der Waals surface area contributed by atoms with Crippen molar-refractivity contribution in [3.05, 3.63) is 65.6 Å². The predicted molar refractivity (Wildman–Crippen MR) is 123 cm³/mol. The van der Waals surface area contributed by atoms with Gasteiger partial charge in [0.25, 0.3) is 11.8 Å². The van der Waals surface area contributed by atoms with Gasteiger partial charge in [-0.25, -0.2) is 0 Å². The molecule has 0 bridgehead atoms. The molecular formula is C26H31N3O3. The number of benzene rings is 1. The van der Waals surface area contributed by atoms with Crippen molar-refractivity contribution in [1.29, 1.82) is 0 Å². The normalized spacial score (nSPS) is 17.6. The first-order valence-electron chi connectivity index (χ1n) is 11.4. The molecule has 1 aromatic heterocycles. The third kappa shape index (κ3) is 4.69. The van der Waals surface area contributed by atoms with Crippen LogP contribution in [-0.4, -0.2) is 46.3 Å². The second-order valence-electron chi connectivity index (χ2n) is 9.17. The maximum Gasteiger partial charge on any atom is 0.278 e. The van der Waals surface area contributed by atoms with Crippen LogP contribution >= 0.6 is 0 Å². The molecule has 0 unspecified atom stereocenters. The summed E-state index contributed by atoms with van der Waals surface area (Å²) in [5, 5.41) is 0. The van der Waals surface area contributed by atoms with Gasteiger partial charge in [0.15, 0.2) is 0 Å². The number of likely N-dealkylation sites (tertiary alicyclic amines) is 1. The largest absolute Gasteiger partial charge is 0.493 e. The highest BCUT2D eigenvalue weighted by molar-refractivity contribution is 6.35. The zero-order valence-electron chi connectivity index (χ0n) is 19.1. The number of ether oxygens (including phenoxy) is 1. The molecule has 0 atom stereocenters. The van der Waals surface area contributed by atoms with Gasteiger partial charge >= 0.3 is 0 Å². The lowest BCUT2D eigenvalue weighted by Crippen LogP contribution is -2.38. The number of hydrogen-bond donors (Lipinski definition) is 0. The van der Waals surface area contributed by atoms with Gasteiger partial charge in [-0.05, 0) is 60.1 Å². The SMILES string of the molecule is CC(C)COc1ccc(C2=C(N3CCC(C)CC3)C(=O)N(Cc3ccncc3)C2=O)cc1. The van der Waals surface area contributed by atoms with E-state index < -0.39 is 0 Å². The van der Waals surface area contributed by atoms with E-state index in [0.29, 0.717) is 29.7 Å². The number of aromatic nitrogens is 1. The van der Waals surface area contributed by atoms with E-state index in [1.807, 2.05) is 36.4 Å². The summed E-state index contributed by atoms with van der Waals surface area (Å²) in [6, 6.07) is 11.2. The molecule has 2 aliphatic heterocycles. The number of imide groups is 1. The van der Waals surface area contributed by atoms with Crippen molar-refractivity contribution in [3.63, 3.8) is 0 Å². The van der Waals surface area contributed by atoms with E-state index in [9.17, 15) is 9.59 Å². The lowest BCUT2D eigenvalue weighted by Gasteiger charge is -2.32. The van der Waals surface area contributed by atoms with Gasteiger partial charge in [0, 0.05) is 25.5 Å². The lowest BCUT2D eigenvalue weighted by atomic mass is 9.97. The molecular weight excluding hydrogens is 402 g/mol. The molecule has 1 saturated heterocycles. The molecule has 1 aromatic carbocycles. The zero-order valence-corrected chi connectivity index (χ0v) is 19.1. The molecule has 2 amide bonds. The Morgan fingerprint density at radius 2 is 1.66 bits per heavy atom. The minimum absolute atomic E-state index is 0.212. The number of nitrogens with zero attached hydrogens (tertiary/aromatic N) is 3. The van der Waals surface area contributed by atoms with Crippen LogP contribution in [0.1, 0.15) is 44.7 Å². The average molecular weight is 434 g/mol. The Labute approximate surface area is 189 Å². The number of pyridine rings is 1. The molecule has 0 N–H and O–H groups in total. The molecule has 1 fully saturated rings. The fourth-order valence-corrected chi connectivity index (χ4v) is 4.14. The second kappa shape index (κ2) is 9.55. The summed E-state index contributed by atoms with van der Waals surface area (Å²) in [5.74, 6) is 1.38. The molecule has 6 nitrogen and oxygen atoms in total. The summed E-state index contributed by atoms with van der Waals surface area (Å²) in [7, 11) is 0. The smallest absolute Gasteiger partial charge is 0.278 e. The van der Waals surface area contributed by atoms with Crippen molar-refractivity contribution in [2.45, 2.75) is 40.2 Å². The minimum atomic E-state index is -0.240. The number of carbonyl (C=O) groups excluding carboxylic acids is 2. The van der Waals surface area contributed by atoms with Gasteiger partial charge in [0.1, 0.15) is 11.4 Å². The lowest BCUT2D eigenvalue weighted by molar-refractivity contribution is -0.138. The van der Waals surface area contributed by atoms with Crippen LogP contribution < -0.4 is 4.74 Å². The highest BCUT2D eigenvalue weighted by Crippen LogP contribution is 2.35. The van der Waals surface area contributed by atoms with E-state index in [-0.39, 0.29) is 18.4 Å². The minimum Gasteiger partial charge on any atom is -0.493 e. The summed E-state index contributed by atoms with van der Waals surface area (Å²) in [6.45, 7) is 8.90. The van der Waals surface area contributed by atoms with Gasteiger partial charge in [-0.2, -0.15) is 0 Å². The van der Waals surface area contributed by atoms with Gasteiger partial charge < -0.3 is 9.64 Å². The van der Waals surface area contributed by atoms with Crippen LogP contribution in [0.25, 0.3) is 5.57 Å². The molecule has 2 aromatic rings. The van der Waals surface area contributed by atoms with Crippen LogP contribution in [0.3, 0.4) is 0 Å². The van der Waals surface area contributed by atoms with Crippen LogP contribution in [0, 0.1) is 11.8 Å². The summed E-state index contributed by atoms with van der Waals surface area (Å²) in [5.41, 5.74) is 2.67. The molecule has 4 rings (SSSR count). The topological polar surface area (TPSA) is 62.7 Å². The number of amides is 2. The van der Waals surface area contributed by atoms with E-state index in [4.69, 9.17) is 4.74 Å². The first-order chi connectivity index (χ1) is 15.4. The van der Waals surface area contributed by atoms with E-state index in [2.05, 4.69) is 30.7 Å². The number of hydrogen-bond acceptors (Lipinski definition) is 5. The van der Waals surface area contributed by atoms with Crippen LogP contribution in [0.5, 0.6) is 5.75 Å². The van der Waals surface area contributed by atoms with Gasteiger partial charge in [-0.15, -0.1) is 0 Å². The first-order valence-corrected chi connectivity index (χ1v) is 11.4. The number of piperidine rings is 1. The van der Waals surface area contributed by atoms with Crippen LogP contribution in [0.2, 0.25) is 0 Å². The molecule has 0 saturated carbocycles. The Morgan fingerprint density at radius 1 is 1.00 bits per heavy atom.